The second kappa shape index (κ2) is 30.7. The van der Waals surface area contributed by atoms with Gasteiger partial charge < -0.3 is 56.8 Å². The molecule has 410 valence electrons. The van der Waals surface area contributed by atoms with E-state index in [1.807, 2.05) is 78.9 Å². The second-order valence-corrected chi connectivity index (χ2v) is 21.8. The summed E-state index contributed by atoms with van der Waals surface area (Å²) in [6.45, 7) is 35.9. The predicted octanol–water partition coefficient (Wildman–Crippen LogP) is 13.8. The molecule has 3 rings (SSSR count). The summed E-state index contributed by atoms with van der Waals surface area (Å²) >= 11 is 6.23. The highest BCUT2D eigenvalue weighted by atomic mass is 127. The smallest absolute Gasteiger partial charge is 0.496 e. The first kappa shape index (κ1) is 67.2. The van der Waals surface area contributed by atoms with E-state index in [2.05, 4.69) is 42.3 Å². The molecule has 0 amide bonds. The maximum atomic E-state index is 12.1. The van der Waals surface area contributed by atoms with E-state index >= 15 is 0 Å². The van der Waals surface area contributed by atoms with Crippen LogP contribution in [-0.4, -0.2) is 75.6 Å². The quantitative estimate of drug-likeness (QED) is 0.0274. The van der Waals surface area contributed by atoms with Crippen molar-refractivity contribution in [1.82, 2.24) is 0 Å². The first-order chi connectivity index (χ1) is 34.1. The van der Waals surface area contributed by atoms with Crippen LogP contribution in [0.1, 0.15) is 126 Å². The Kier molecular flexibility index (Phi) is 27.8. The van der Waals surface area contributed by atoms with Crippen LogP contribution in [0.25, 0.3) is 0 Å². The normalized spacial score (nSPS) is 12.4. The molecule has 0 aliphatic rings. The van der Waals surface area contributed by atoms with Crippen LogP contribution in [0, 0.1) is 10.7 Å². The molecule has 0 aliphatic heterocycles. The number of hydrogen-bond acceptors (Lipinski definition) is 17. The Hall–Kier alpha value is -4.82. The monoisotopic (exact) mass is 1370 g/mol. The number of ether oxygens (including phenoxy) is 12. The summed E-state index contributed by atoms with van der Waals surface area (Å²) in [7, 11) is 4.54. The van der Waals surface area contributed by atoms with Crippen molar-refractivity contribution in [3.05, 3.63) is 100 Å². The van der Waals surface area contributed by atoms with Gasteiger partial charge in [0.2, 0.25) is 0 Å². The molecule has 3 unspecified atom stereocenters. The molecule has 0 saturated carbocycles. The highest BCUT2D eigenvalue weighted by Crippen LogP contribution is 2.41. The number of carbonyl (C=O) groups excluding carboxylic acids is 5. The SMILES string of the molecule is C=C(C)C(=O)OC(C)(CC)c1cc(I)c(OC(C)OCC)cc1OC.C=C(C)C(=O)OC(C)c1cc(I)c(OC(=O)OC(C)(C)C)cc1OC.C=C(C)C(=O)OCc1cc(I)c(OC(=O)OC(C)(C)C)cc1OC. The molecule has 0 fully saturated rings. The largest absolute Gasteiger partial charge is 0.514 e. The zero-order valence-corrected chi connectivity index (χ0v) is 51.9. The van der Waals surface area contributed by atoms with Crippen molar-refractivity contribution < 1.29 is 80.8 Å². The minimum atomic E-state index is -0.828. The predicted molar refractivity (Wildman–Crippen MR) is 305 cm³/mol. The van der Waals surface area contributed by atoms with Gasteiger partial charge in [0.25, 0.3) is 0 Å². The molecule has 3 aromatic rings. The summed E-state index contributed by atoms with van der Waals surface area (Å²) in [4.78, 5) is 58.9. The summed E-state index contributed by atoms with van der Waals surface area (Å²) in [5.74, 6) is 1.33. The summed E-state index contributed by atoms with van der Waals surface area (Å²) in [5.41, 5.74) is 0.934. The fourth-order valence-electron chi connectivity index (χ4n) is 5.66. The van der Waals surface area contributed by atoms with Crippen molar-refractivity contribution in [2.45, 2.75) is 139 Å². The van der Waals surface area contributed by atoms with Gasteiger partial charge in [0.05, 0.1) is 32.0 Å². The highest BCUT2D eigenvalue weighted by molar-refractivity contribution is 14.1. The molecule has 74 heavy (non-hydrogen) atoms. The van der Waals surface area contributed by atoms with Crippen LogP contribution in [0.15, 0.2) is 72.9 Å². The maximum Gasteiger partial charge on any atom is 0.514 e. The van der Waals surface area contributed by atoms with E-state index in [0.29, 0.717) is 82.5 Å². The third kappa shape index (κ3) is 23.0. The van der Waals surface area contributed by atoms with Crippen LogP contribution >= 0.6 is 67.8 Å². The standard InChI is InChI=1S/C19H27IO5.C18H23IO6.C17H21IO6/c1-8-19(6,25-18(21)12(3)4)14-10-15(20)17(11-16(14)22-7)24-13(5)23-9-2;1-10(2)16(20)23-11(3)12-8-13(19)15(9-14(12)22-7)24-17(21)25-18(4,5)6;1-10(2)15(19)22-9-11-7-12(18)14(8-13(11)21-6)23-16(20)24-17(3,4)5/h10-11,13H,3,8-9H2,1-2,4-7H3;8-9,11H,1H2,2-7H3;7-8H,1,9H2,2-6H3. The zero-order valence-electron chi connectivity index (χ0n) is 45.4. The average Bonchev–Trinajstić information content (AvgIpc) is 3.28. The molecule has 0 saturated heterocycles. The Morgan fingerprint density at radius 3 is 1.45 bits per heavy atom. The minimum Gasteiger partial charge on any atom is -0.496 e. The molecule has 0 aliphatic carbocycles. The van der Waals surface area contributed by atoms with E-state index in [1.54, 1.807) is 107 Å². The van der Waals surface area contributed by atoms with Gasteiger partial charge in [0, 0.05) is 58.2 Å². The van der Waals surface area contributed by atoms with Crippen LogP contribution < -0.4 is 28.4 Å². The molecule has 0 spiro atoms. The molecule has 17 nitrogen and oxygen atoms in total. The topological polar surface area (TPSA) is 196 Å². The molecule has 0 heterocycles. The molecule has 3 aromatic carbocycles. The van der Waals surface area contributed by atoms with Crippen LogP contribution in [0.3, 0.4) is 0 Å². The van der Waals surface area contributed by atoms with Gasteiger partial charge in [-0.25, -0.2) is 24.0 Å². The van der Waals surface area contributed by atoms with E-state index in [0.717, 1.165) is 9.13 Å². The van der Waals surface area contributed by atoms with Gasteiger partial charge in [-0.2, -0.15) is 0 Å². The third-order valence-corrected chi connectivity index (χ3v) is 12.0. The summed E-state index contributed by atoms with van der Waals surface area (Å²) < 4.78 is 66.4. The fraction of sp³-hybridized carbons (Fsp3) is 0.463. The van der Waals surface area contributed by atoms with E-state index in [-0.39, 0.29) is 12.9 Å². The number of rotatable bonds is 19. The fourth-order valence-corrected chi connectivity index (χ4v) is 7.49. The number of carbonyl (C=O) groups is 5. The zero-order chi connectivity index (χ0) is 57.1. The average molecular weight is 1370 g/mol. The van der Waals surface area contributed by atoms with Gasteiger partial charge in [-0.15, -0.1) is 0 Å². The van der Waals surface area contributed by atoms with Crippen LogP contribution in [0.2, 0.25) is 0 Å². The molecule has 0 aromatic heterocycles. The number of halogens is 3. The molecule has 3 atom stereocenters. The van der Waals surface area contributed by atoms with E-state index < -0.39 is 53.1 Å². The van der Waals surface area contributed by atoms with E-state index in [4.69, 9.17) is 56.8 Å². The van der Waals surface area contributed by atoms with E-state index in [1.165, 1.54) is 14.2 Å². The number of methoxy groups -OCH3 is 3. The molecular formula is C54H71I3O17. The summed E-state index contributed by atoms with van der Waals surface area (Å²) in [6.07, 6.45) is -1.93. The minimum absolute atomic E-state index is 0.0254. The second-order valence-electron chi connectivity index (χ2n) is 18.3. The van der Waals surface area contributed by atoms with Gasteiger partial charge in [0.15, 0.2) is 17.8 Å². The summed E-state index contributed by atoms with van der Waals surface area (Å²) in [5, 5.41) is 0. The lowest BCUT2D eigenvalue weighted by Gasteiger charge is -2.31. The lowest BCUT2D eigenvalue weighted by molar-refractivity contribution is -0.154. The molecule has 0 N–H and O–H groups in total. The van der Waals surface area contributed by atoms with Gasteiger partial charge in [0.1, 0.15) is 52.5 Å². The van der Waals surface area contributed by atoms with Gasteiger partial charge in [-0.1, -0.05) is 26.7 Å². The Morgan fingerprint density at radius 1 is 0.568 bits per heavy atom. The van der Waals surface area contributed by atoms with Crippen molar-refractivity contribution in [2.24, 2.45) is 0 Å². The first-order valence-corrected chi connectivity index (χ1v) is 26.2. The van der Waals surface area contributed by atoms with Gasteiger partial charge >= 0.3 is 30.2 Å². The third-order valence-electron chi connectivity index (χ3n) is 9.42. The number of benzene rings is 3. The number of esters is 3. The van der Waals surface area contributed by atoms with Crippen molar-refractivity contribution in [2.75, 3.05) is 27.9 Å². The molecular weight excluding hydrogens is 1300 g/mol. The van der Waals surface area contributed by atoms with Crippen molar-refractivity contribution in [3.63, 3.8) is 0 Å². The lowest BCUT2D eigenvalue weighted by atomic mass is 9.91. The Morgan fingerprint density at radius 2 is 1.01 bits per heavy atom. The van der Waals surface area contributed by atoms with Crippen molar-refractivity contribution >= 4 is 98.0 Å². The van der Waals surface area contributed by atoms with E-state index in [9.17, 15) is 24.0 Å². The van der Waals surface area contributed by atoms with Crippen LogP contribution in [-0.2, 0) is 55.0 Å². The van der Waals surface area contributed by atoms with Crippen LogP contribution in [0.5, 0.6) is 34.5 Å². The van der Waals surface area contributed by atoms with Crippen molar-refractivity contribution in [1.29, 1.82) is 0 Å². The number of hydrogen-bond donors (Lipinski definition) is 0. The molecule has 0 radical (unpaired) electrons. The maximum absolute atomic E-state index is 12.1. The molecule has 0 bridgehead atoms. The molecule has 20 heteroatoms. The Balaban J connectivity index is 0.000000555. The van der Waals surface area contributed by atoms with Gasteiger partial charge in [-0.05, 0) is 182 Å². The lowest BCUT2D eigenvalue weighted by Crippen LogP contribution is -2.29. The van der Waals surface area contributed by atoms with Crippen molar-refractivity contribution in [3.8, 4) is 34.5 Å². The first-order valence-electron chi connectivity index (χ1n) is 23.0. The van der Waals surface area contributed by atoms with Gasteiger partial charge in [-0.3, -0.25) is 0 Å². The summed E-state index contributed by atoms with van der Waals surface area (Å²) in [6, 6.07) is 10.3. The highest BCUT2D eigenvalue weighted by Gasteiger charge is 2.34. The van der Waals surface area contributed by atoms with Crippen LogP contribution in [0.4, 0.5) is 9.59 Å². The Bertz CT molecular complexity index is 2490. The Labute approximate surface area is 477 Å².